The van der Waals surface area contributed by atoms with E-state index in [0.29, 0.717) is 69.0 Å². The number of epoxide rings is 2. The lowest BCUT2D eigenvalue weighted by Gasteiger charge is -2.26. The van der Waals surface area contributed by atoms with E-state index in [2.05, 4.69) is 67.6 Å². The third kappa shape index (κ3) is 8.09. The zero-order chi connectivity index (χ0) is 29.7. The van der Waals surface area contributed by atoms with Gasteiger partial charge in [0.15, 0.2) is 0 Å². The first-order chi connectivity index (χ1) is 21.7. The van der Waals surface area contributed by atoms with E-state index in [-0.39, 0.29) is 0 Å². The van der Waals surface area contributed by atoms with Crippen LogP contribution < -0.4 is 0 Å². The van der Waals surface area contributed by atoms with Crippen LogP contribution in [0.25, 0.3) is 23.3 Å². The molecule has 6 nitrogen and oxygen atoms in total. The summed E-state index contributed by atoms with van der Waals surface area (Å²) in [5, 5.41) is 0. The molecule has 0 bridgehead atoms. The van der Waals surface area contributed by atoms with Crippen LogP contribution in [0.3, 0.4) is 0 Å². The zero-order valence-corrected chi connectivity index (χ0v) is 26.2. The minimum Gasteiger partial charge on any atom is -0.371 e. The van der Waals surface area contributed by atoms with Crippen LogP contribution in [-0.4, -0.2) is 64.4 Å². The molecular formula is C38H48O6. The summed E-state index contributed by atoms with van der Waals surface area (Å²) in [7, 11) is 0. The van der Waals surface area contributed by atoms with Gasteiger partial charge in [-0.25, -0.2) is 0 Å². The standard InChI is InChI=1S/C38H48O6/c1-26-37-18-29(4-2-27-6-12-31(13-7-27)43-24-39-20-33-22-41-33)10-16-35(37)36-17-11-30(19-38(26)36)5-3-28-8-14-32(15-9-28)44-25-40-21-34-23-42-34/h2-5,10-11,16-19,26-28,31-34H,6-9,12-15,20-25H2,1H3/b4-2+,5-3+. The maximum absolute atomic E-state index is 5.93. The van der Waals surface area contributed by atoms with Gasteiger partial charge in [0.25, 0.3) is 0 Å². The summed E-state index contributed by atoms with van der Waals surface area (Å²) in [6.07, 6.45) is 19.9. The molecule has 0 spiro atoms. The fourth-order valence-electron chi connectivity index (χ4n) is 7.11. The molecule has 5 aliphatic rings. The maximum Gasteiger partial charge on any atom is 0.147 e. The number of fused-ring (bicyclic) bond motifs is 3. The van der Waals surface area contributed by atoms with Crippen molar-refractivity contribution in [3.05, 3.63) is 70.8 Å². The number of hydrogen-bond acceptors (Lipinski definition) is 6. The molecule has 0 N–H and O–H groups in total. The van der Waals surface area contributed by atoms with Gasteiger partial charge in [-0.1, -0.05) is 67.6 Å². The number of benzene rings is 2. The van der Waals surface area contributed by atoms with Crippen molar-refractivity contribution in [2.24, 2.45) is 11.8 Å². The Labute approximate surface area is 262 Å². The van der Waals surface area contributed by atoms with Crippen molar-refractivity contribution in [2.75, 3.05) is 40.0 Å². The fourth-order valence-corrected chi connectivity index (χ4v) is 7.11. The lowest BCUT2D eigenvalue weighted by atomic mass is 9.86. The second-order valence-corrected chi connectivity index (χ2v) is 13.4. The Morgan fingerprint density at radius 3 is 1.48 bits per heavy atom. The summed E-state index contributed by atoms with van der Waals surface area (Å²) in [5.74, 6) is 1.65. The van der Waals surface area contributed by atoms with Gasteiger partial charge < -0.3 is 28.4 Å². The molecule has 2 saturated heterocycles. The van der Waals surface area contributed by atoms with E-state index in [9.17, 15) is 0 Å². The van der Waals surface area contributed by atoms with E-state index in [0.717, 1.165) is 38.9 Å². The first kappa shape index (κ1) is 30.3. The smallest absolute Gasteiger partial charge is 0.147 e. The number of allylic oxidation sites excluding steroid dienone is 2. The fraction of sp³-hybridized carbons (Fsp3) is 0.579. The molecule has 0 amide bonds. The monoisotopic (exact) mass is 600 g/mol. The highest BCUT2D eigenvalue weighted by Crippen LogP contribution is 2.45. The molecule has 0 aromatic heterocycles. The molecule has 44 heavy (non-hydrogen) atoms. The summed E-state index contributed by atoms with van der Waals surface area (Å²) in [6, 6.07) is 14.0. The van der Waals surface area contributed by atoms with Crippen LogP contribution in [0.4, 0.5) is 0 Å². The average Bonchev–Trinajstić information content (AvgIpc) is 4.01. The highest BCUT2D eigenvalue weighted by atomic mass is 16.7. The molecule has 2 heterocycles. The first-order valence-corrected chi connectivity index (χ1v) is 16.9. The lowest BCUT2D eigenvalue weighted by molar-refractivity contribution is -0.103. The molecule has 2 aliphatic heterocycles. The minimum absolute atomic E-state index is 0.302. The van der Waals surface area contributed by atoms with Crippen LogP contribution in [0, 0.1) is 11.8 Å². The van der Waals surface area contributed by atoms with Crippen LogP contribution in [0.2, 0.25) is 0 Å². The maximum atomic E-state index is 5.93. The Bertz CT molecular complexity index is 1190. The molecule has 7 rings (SSSR count). The van der Waals surface area contributed by atoms with E-state index >= 15 is 0 Å². The Kier molecular flexibility index (Phi) is 9.93. The molecule has 4 fully saturated rings. The molecule has 236 valence electrons. The van der Waals surface area contributed by atoms with Crippen molar-refractivity contribution in [1.82, 2.24) is 0 Å². The average molecular weight is 601 g/mol. The molecular weight excluding hydrogens is 552 g/mol. The molecule has 0 radical (unpaired) electrons. The normalized spacial score (nSPS) is 31.0. The van der Waals surface area contributed by atoms with Gasteiger partial charge in [0, 0.05) is 5.92 Å². The molecule has 2 unspecified atom stereocenters. The van der Waals surface area contributed by atoms with Crippen molar-refractivity contribution in [1.29, 1.82) is 0 Å². The van der Waals surface area contributed by atoms with Gasteiger partial charge in [0.05, 0.1) is 38.6 Å². The highest BCUT2D eigenvalue weighted by molar-refractivity contribution is 5.81. The molecule has 3 aliphatic carbocycles. The van der Waals surface area contributed by atoms with E-state index < -0.39 is 0 Å². The molecule has 2 aromatic rings. The van der Waals surface area contributed by atoms with Crippen molar-refractivity contribution >= 4 is 12.2 Å². The van der Waals surface area contributed by atoms with Crippen molar-refractivity contribution < 1.29 is 28.4 Å². The van der Waals surface area contributed by atoms with E-state index in [4.69, 9.17) is 28.4 Å². The van der Waals surface area contributed by atoms with Gasteiger partial charge in [-0.2, -0.15) is 0 Å². The van der Waals surface area contributed by atoms with Crippen LogP contribution in [0.15, 0.2) is 48.6 Å². The van der Waals surface area contributed by atoms with E-state index in [1.165, 1.54) is 59.1 Å². The SMILES string of the molecule is CC1c2cc(/C=C/C3CCC(OCOCC4CO4)CC3)ccc2-c2ccc(/C=C/C3CCC(OCOCC4CO4)CC3)cc21. The van der Waals surface area contributed by atoms with E-state index in [1.54, 1.807) is 0 Å². The highest BCUT2D eigenvalue weighted by Gasteiger charge is 2.27. The molecule has 6 heteroatoms. The number of hydrogen-bond donors (Lipinski definition) is 0. The van der Waals surface area contributed by atoms with Gasteiger partial charge in [-0.3, -0.25) is 0 Å². The summed E-state index contributed by atoms with van der Waals surface area (Å²) in [6.45, 7) is 6.13. The third-order valence-corrected chi connectivity index (χ3v) is 10.1. The largest absolute Gasteiger partial charge is 0.371 e. The summed E-state index contributed by atoms with van der Waals surface area (Å²) >= 11 is 0. The van der Waals surface area contributed by atoms with Gasteiger partial charge in [0.1, 0.15) is 25.8 Å². The topological polar surface area (TPSA) is 62.0 Å². The minimum atomic E-state index is 0.302. The third-order valence-electron chi connectivity index (χ3n) is 10.1. The predicted octanol–water partition coefficient (Wildman–Crippen LogP) is 7.74. The van der Waals surface area contributed by atoms with E-state index in [1.807, 2.05) is 0 Å². The van der Waals surface area contributed by atoms with Gasteiger partial charge in [-0.05, 0) is 96.6 Å². The van der Waals surface area contributed by atoms with Crippen LogP contribution in [0.1, 0.15) is 86.5 Å². The summed E-state index contributed by atoms with van der Waals surface area (Å²) in [4.78, 5) is 0. The van der Waals surface area contributed by atoms with Gasteiger partial charge in [-0.15, -0.1) is 0 Å². The van der Waals surface area contributed by atoms with Crippen molar-refractivity contribution in [3.63, 3.8) is 0 Å². The molecule has 2 aromatic carbocycles. The van der Waals surface area contributed by atoms with Crippen LogP contribution in [0.5, 0.6) is 0 Å². The summed E-state index contributed by atoms with van der Waals surface area (Å²) in [5.41, 5.74) is 8.29. The Hall–Kier alpha value is -2.32. The Morgan fingerprint density at radius 2 is 1.07 bits per heavy atom. The number of ether oxygens (including phenoxy) is 6. The second kappa shape index (κ2) is 14.4. The zero-order valence-electron chi connectivity index (χ0n) is 26.2. The Balaban J connectivity index is 0.874. The van der Waals surface area contributed by atoms with Crippen LogP contribution in [-0.2, 0) is 28.4 Å². The van der Waals surface area contributed by atoms with Crippen LogP contribution >= 0.6 is 0 Å². The quantitative estimate of drug-likeness (QED) is 0.126. The summed E-state index contributed by atoms with van der Waals surface area (Å²) < 4.78 is 33.3. The number of rotatable bonds is 14. The van der Waals surface area contributed by atoms with Gasteiger partial charge >= 0.3 is 0 Å². The predicted molar refractivity (Wildman–Crippen MR) is 172 cm³/mol. The first-order valence-electron chi connectivity index (χ1n) is 16.9. The molecule has 2 saturated carbocycles. The molecule has 2 atom stereocenters. The van der Waals surface area contributed by atoms with Crippen molar-refractivity contribution in [2.45, 2.75) is 88.6 Å². The Morgan fingerprint density at radius 1 is 0.636 bits per heavy atom. The van der Waals surface area contributed by atoms with Crippen molar-refractivity contribution in [3.8, 4) is 11.1 Å². The second-order valence-electron chi connectivity index (χ2n) is 13.4. The lowest BCUT2D eigenvalue weighted by Crippen LogP contribution is -2.22. The van der Waals surface area contributed by atoms with Gasteiger partial charge in [0.2, 0.25) is 0 Å².